The van der Waals surface area contributed by atoms with Gasteiger partial charge in [0.05, 0.1) is 23.4 Å². The van der Waals surface area contributed by atoms with Gasteiger partial charge in [0.1, 0.15) is 5.69 Å². The summed E-state index contributed by atoms with van der Waals surface area (Å²) >= 11 is 1.60. The van der Waals surface area contributed by atoms with E-state index in [1.807, 2.05) is 28.8 Å². The monoisotopic (exact) mass is 287 g/mol. The van der Waals surface area contributed by atoms with Crippen LogP contribution in [0.5, 0.6) is 0 Å². The first-order valence-electron chi connectivity index (χ1n) is 6.56. The van der Waals surface area contributed by atoms with Crippen LogP contribution in [0.4, 0.5) is 0 Å². The third-order valence-electron chi connectivity index (χ3n) is 3.52. The van der Waals surface area contributed by atoms with Gasteiger partial charge in [-0.1, -0.05) is 23.5 Å². The molecule has 0 aliphatic carbocycles. The van der Waals surface area contributed by atoms with Crippen molar-refractivity contribution in [1.82, 2.24) is 14.3 Å². The van der Waals surface area contributed by atoms with E-state index in [1.54, 1.807) is 16.2 Å². The predicted octanol–water partition coefficient (Wildman–Crippen LogP) is 2.02. The quantitative estimate of drug-likeness (QED) is 0.688. The summed E-state index contributed by atoms with van der Waals surface area (Å²) in [5.74, 6) is -0.00622. The van der Waals surface area contributed by atoms with Gasteiger partial charge in [-0.2, -0.15) is 0 Å². The van der Waals surface area contributed by atoms with Crippen molar-refractivity contribution in [2.24, 2.45) is 0 Å². The fourth-order valence-electron chi connectivity index (χ4n) is 2.48. The van der Waals surface area contributed by atoms with Crippen LogP contribution in [0.25, 0.3) is 15.2 Å². The summed E-state index contributed by atoms with van der Waals surface area (Å²) in [6.45, 7) is 2.50. The van der Waals surface area contributed by atoms with E-state index in [0.29, 0.717) is 32.0 Å². The summed E-state index contributed by atoms with van der Waals surface area (Å²) in [6.07, 6.45) is 1.84. The smallest absolute Gasteiger partial charge is 0.274 e. The minimum absolute atomic E-state index is 0.00622. The number of carbonyl (C=O) groups is 1. The molecule has 102 valence electrons. The molecular formula is C14H13N3O2S. The van der Waals surface area contributed by atoms with Crippen molar-refractivity contribution in [3.63, 3.8) is 0 Å². The van der Waals surface area contributed by atoms with Crippen LogP contribution in [0.15, 0.2) is 30.5 Å². The summed E-state index contributed by atoms with van der Waals surface area (Å²) < 4.78 is 8.44. The van der Waals surface area contributed by atoms with Crippen LogP contribution >= 0.6 is 11.3 Å². The largest absolute Gasteiger partial charge is 0.378 e. The number of carbonyl (C=O) groups excluding carboxylic acids is 1. The van der Waals surface area contributed by atoms with E-state index in [9.17, 15) is 4.79 Å². The molecule has 1 aromatic carbocycles. The molecule has 0 spiro atoms. The van der Waals surface area contributed by atoms with Gasteiger partial charge in [0.25, 0.3) is 5.91 Å². The van der Waals surface area contributed by atoms with Crippen molar-refractivity contribution in [3.8, 4) is 0 Å². The third-order valence-corrected chi connectivity index (χ3v) is 4.55. The molecular weight excluding hydrogens is 274 g/mol. The molecule has 6 heteroatoms. The number of hydrogen-bond donors (Lipinski definition) is 0. The number of para-hydroxylation sites is 1. The summed E-state index contributed by atoms with van der Waals surface area (Å²) in [5.41, 5.74) is 1.62. The van der Waals surface area contributed by atoms with Crippen molar-refractivity contribution in [3.05, 3.63) is 36.2 Å². The average molecular weight is 287 g/mol. The van der Waals surface area contributed by atoms with E-state index in [4.69, 9.17) is 4.74 Å². The molecule has 0 radical (unpaired) electrons. The number of morpholine rings is 1. The molecule has 1 aliphatic heterocycles. The Hall–Kier alpha value is -1.92. The van der Waals surface area contributed by atoms with Gasteiger partial charge < -0.3 is 9.64 Å². The molecule has 0 atom stereocenters. The second-order valence-electron chi connectivity index (χ2n) is 4.75. The lowest BCUT2D eigenvalue weighted by Crippen LogP contribution is -2.40. The zero-order chi connectivity index (χ0) is 13.5. The van der Waals surface area contributed by atoms with E-state index >= 15 is 0 Å². The maximum absolute atomic E-state index is 12.4. The molecule has 3 heterocycles. The van der Waals surface area contributed by atoms with Crippen LogP contribution in [0.3, 0.4) is 0 Å². The van der Waals surface area contributed by atoms with Crippen molar-refractivity contribution in [1.29, 1.82) is 0 Å². The molecule has 1 aliphatic rings. The molecule has 0 bridgehead atoms. The first-order chi connectivity index (χ1) is 9.83. The molecule has 2 aromatic heterocycles. The Morgan fingerprint density at radius 1 is 1.25 bits per heavy atom. The van der Waals surface area contributed by atoms with Crippen molar-refractivity contribution < 1.29 is 9.53 Å². The maximum atomic E-state index is 12.4. The lowest BCUT2D eigenvalue weighted by atomic mass is 10.3. The Morgan fingerprint density at radius 3 is 2.90 bits per heavy atom. The minimum atomic E-state index is -0.00622. The standard InChI is InChI=1S/C14H13N3O2S/c18-13(16-5-7-19-8-6-16)10-9-17-11-3-1-2-4-12(11)20-14(17)15-10/h1-4,9H,5-8H2. The van der Waals surface area contributed by atoms with E-state index in [-0.39, 0.29) is 5.91 Å². The topological polar surface area (TPSA) is 46.8 Å². The highest BCUT2D eigenvalue weighted by atomic mass is 32.1. The highest BCUT2D eigenvalue weighted by molar-refractivity contribution is 7.23. The number of nitrogens with zero attached hydrogens (tertiary/aromatic N) is 3. The lowest BCUT2D eigenvalue weighted by Gasteiger charge is -2.25. The van der Waals surface area contributed by atoms with Gasteiger partial charge in [0, 0.05) is 19.3 Å². The molecule has 0 unspecified atom stereocenters. The van der Waals surface area contributed by atoms with Crippen LogP contribution in [0.1, 0.15) is 10.5 Å². The molecule has 4 rings (SSSR count). The Bertz CT molecular complexity index is 786. The van der Waals surface area contributed by atoms with Crippen LogP contribution < -0.4 is 0 Å². The van der Waals surface area contributed by atoms with Gasteiger partial charge in [-0.15, -0.1) is 0 Å². The van der Waals surface area contributed by atoms with Gasteiger partial charge in [0.15, 0.2) is 4.96 Å². The number of rotatable bonds is 1. The second kappa shape index (κ2) is 4.57. The lowest BCUT2D eigenvalue weighted by molar-refractivity contribution is 0.0299. The zero-order valence-corrected chi connectivity index (χ0v) is 11.6. The van der Waals surface area contributed by atoms with Gasteiger partial charge in [-0.25, -0.2) is 4.98 Å². The molecule has 1 fully saturated rings. The van der Waals surface area contributed by atoms with Gasteiger partial charge in [-0.05, 0) is 12.1 Å². The number of ether oxygens (including phenoxy) is 1. The Morgan fingerprint density at radius 2 is 2.05 bits per heavy atom. The first-order valence-corrected chi connectivity index (χ1v) is 7.38. The van der Waals surface area contributed by atoms with E-state index in [1.165, 1.54) is 4.70 Å². The Kier molecular flexibility index (Phi) is 2.71. The Labute approximate surface area is 119 Å². The number of aromatic nitrogens is 2. The predicted molar refractivity (Wildman–Crippen MR) is 77.3 cm³/mol. The highest BCUT2D eigenvalue weighted by Gasteiger charge is 2.21. The van der Waals surface area contributed by atoms with Crippen LogP contribution in [0.2, 0.25) is 0 Å². The van der Waals surface area contributed by atoms with Crippen LogP contribution in [-0.2, 0) is 4.74 Å². The van der Waals surface area contributed by atoms with Crippen LogP contribution in [0, 0.1) is 0 Å². The molecule has 5 nitrogen and oxygen atoms in total. The van der Waals surface area contributed by atoms with E-state index in [0.717, 1.165) is 10.5 Å². The van der Waals surface area contributed by atoms with Gasteiger partial charge in [-0.3, -0.25) is 9.20 Å². The maximum Gasteiger partial charge on any atom is 0.274 e. The highest BCUT2D eigenvalue weighted by Crippen LogP contribution is 2.26. The number of thiazole rings is 1. The summed E-state index contributed by atoms with van der Waals surface area (Å²) in [6, 6.07) is 8.12. The van der Waals surface area contributed by atoms with Crippen molar-refractivity contribution in [2.75, 3.05) is 26.3 Å². The number of hydrogen-bond acceptors (Lipinski definition) is 4. The SMILES string of the molecule is O=C(c1cn2c(n1)sc1ccccc12)N1CCOCC1. The number of benzene rings is 1. The molecule has 20 heavy (non-hydrogen) atoms. The van der Waals surface area contributed by atoms with Crippen LogP contribution in [-0.4, -0.2) is 46.5 Å². The fraction of sp³-hybridized carbons (Fsp3) is 0.286. The second-order valence-corrected chi connectivity index (χ2v) is 5.76. The number of imidazole rings is 1. The average Bonchev–Trinajstić information content (AvgIpc) is 3.05. The minimum Gasteiger partial charge on any atom is -0.378 e. The molecule has 0 saturated carbocycles. The Balaban J connectivity index is 1.75. The molecule has 1 amide bonds. The van der Waals surface area contributed by atoms with Gasteiger partial charge in [0.2, 0.25) is 0 Å². The number of amides is 1. The van der Waals surface area contributed by atoms with E-state index < -0.39 is 0 Å². The summed E-state index contributed by atoms with van der Waals surface area (Å²) in [4.78, 5) is 19.5. The third kappa shape index (κ3) is 1.80. The molecule has 3 aromatic rings. The molecule has 0 N–H and O–H groups in total. The first kappa shape index (κ1) is 11.9. The van der Waals surface area contributed by atoms with Gasteiger partial charge >= 0.3 is 0 Å². The molecule has 1 saturated heterocycles. The summed E-state index contributed by atoms with van der Waals surface area (Å²) in [5, 5.41) is 0. The fourth-order valence-corrected chi connectivity index (χ4v) is 3.49. The normalized spacial score (nSPS) is 16.1. The van der Waals surface area contributed by atoms with Crippen molar-refractivity contribution >= 4 is 32.4 Å². The zero-order valence-electron chi connectivity index (χ0n) is 10.8. The number of fused-ring (bicyclic) bond motifs is 3. The van der Waals surface area contributed by atoms with Crippen molar-refractivity contribution in [2.45, 2.75) is 0 Å². The van der Waals surface area contributed by atoms with E-state index in [2.05, 4.69) is 11.1 Å². The summed E-state index contributed by atoms with van der Waals surface area (Å²) in [7, 11) is 0.